The van der Waals surface area contributed by atoms with Crippen LogP contribution in [0.1, 0.15) is 24.8 Å². The summed E-state index contributed by atoms with van der Waals surface area (Å²) in [6.07, 6.45) is 7.22. The Balaban J connectivity index is 1.66. The molecule has 4 rings (SSSR count). The number of aromatic nitrogens is 1. The van der Waals surface area contributed by atoms with E-state index in [1.807, 2.05) is 46.0 Å². The Hall–Kier alpha value is -2.12. The third-order valence-corrected chi connectivity index (χ3v) is 6.59. The number of benzene rings is 1. The number of likely N-dealkylation sites (N-methyl/N-ethyl adjacent to an activating group) is 1. The van der Waals surface area contributed by atoms with Gasteiger partial charge >= 0.3 is 0 Å². The molecule has 2 saturated heterocycles. The minimum atomic E-state index is -0.0776. The van der Waals surface area contributed by atoms with Crippen molar-refractivity contribution in [2.45, 2.75) is 25.8 Å². The van der Waals surface area contributed by atoms with Gasteiger partial charge in [0.15, 0.2) is 0 Å². The smallest absolute Gasteiger partial charge is 0.265 e. The van der Waals surface area contributed by atoms with Crippen LogP contribution in [0, 0.1) is 0 Å². The SMILES string of the molecule is CN1C(=O)/C(=C/c2cn(CC(=O)N3CCCCC3)c3ccccc23)SC1=S. The van der Waals surface area contributed by atoms with Crippen LogP contribution < -0.4 is 0 Å². The average molecular weight is 400 g/mol. The number of amides is 2. The second-order valence-corrected chi connectivity index (χ2v) is 8.59. The van der Waals surface area contributed by atoms with Gasteiger partial charge in [-0.2, -0.15) is 0 Å². The van der Waals surface area contributed by atoms with Crippen molar-refractivity contribution >= 4 is 57.1 Å². The zero-order chi connectivity index (χ0) is 19.0. The number of piperidine rings is 1. The monoisotopic (exact) mass is 399 g/mol. The summed E-state index contributed by atoms with van der Waals surface area (Å²) < 4.78 is 2.56. The number of fused-ring (bicyclic) bond motifs is 1. The number of hydrogen-bond donors (Lipinski definition) is 0. The highest BCUT2D eigenvalue weighted by Crippen LogP contribution is 2.33. The molecule has 3 heterocycles. The largest absolute Gasteiger partial charge is 0.341 e. The maximum Gasteiger partial charge on any atom is 0.265 e. The first-order valence-corrected chi connectivity index (χ1v) is 10.3. The van der Waals surface area contributed by atoms with Gasteiger partial charge in [-0.15, -0.1) is 0 Å². The number of thiocarbonyl (C=S) groups is 1. The Morgan fingerprint density at radius 2 is 1.96 bits per heavy atom. The van der Waals surface area contributed by atoms with Crippen LogP contribution in [0.25, 0.3) is 17.0 Å². The van der Waals surface area contributed by atoms with Crippen LogP contribution >= 0.6 is 24.0 Å². The summed E-state index contributed by atoms with van der Waals surface area (Å²) in [5, 5.41) is 1.03. The van der Waals surface area contributed by atoms with Gasteiger partial charge in [-0.05, 0) is 31.4 Å². The Labute approximate surface area is 168 Å². The van der Waals surface area contributed by atoms with E-state index in [0.29, 0.717) is 15.8 Å². The van der Waals surface area contributed by atoms with Gasteiger partial charge in [0.25, 0.3) is 5.91 Å². The summed E-state index contributed by atoms with van der Waals surface area (Å²) in [5.74, 6) is 0.0770. The Morgan fingerprint density at radius 1 is 1.22 bits per heavy atom. The van der Waals surface area contributed by atoms with E-state index in [1.165, 1.54) is 23.1 Å². The number of likely N-dealkylation sites (tertiary alicyclic amines) is 1. The zero-order valence-corrected chi connectivity index (χ0v) is 16.8. The summed E-state index contributed by atoms with van der Waals surface area (Å²) in [7, 11) is 1.69. The highest BCUT2D eigenvalue weighted by molar-refractivity contribution is 8.26. The quantitative estimate of drug-likeness (QED) is 0.586. The first kappa shape index (κ1) is 18.3. The molecule has 2 aliphatic rings. The van der Waals surface area contributed by atoms with Crippen LogP contribution in [0.5, 0.6) is 0 Å². The van der Waals surface area contributed by atoms with Crippen LogP contribution in [0.2, 0.25) is 0 Å². The molecule has 0 aliphatic carbocycles. The molecule has 0 atom stereocenters. The van der Waals surface area contributed by atoms with E-state index in [9.17, 15) is 9.59 Å². The minimum absolute atomic E-state index is 0.0776. The maximum atomic E-state index is 12.7. The van der Waals surface area contributed by atoms with E-state index in [0.717, 1.165) is 42.4 Å². The van der Waals surface area contributed by atoms with Gasteiger partial charge in [0.2, 0.25) is 5.91 Å². The fraction of sp³-hybridized carbons (Fsp3) is 0.350. The second kappa shape index (κ2) is 7.48. The zero-order valence-electron chi connectivity index (χ0n) is 15.2. The highest BCUT2D eigenvalue weighted by atomic mass is 32.2. The lowest BCUT2D eigenvalue weighted by molar-refractivity contribution is -0.132. The van der Waals surface area contributed by atoms with E-state index in [1.54, 1.807) is 7.05 Å². The molecule has 0 bridgehead atoms. The van der Waals surface area contributed by atoms with Crippen molar-refractivity contribution in [3.63, 3.8) is 0 Å². The molecule has 5 nitrogen and oxygen atoms in total. The molecule has 1 aromatic carbocycles. The van der Waals surface area contributed by atoms with E-state index >= 15 is 0 Å². The standard InChI is InChI=1S/C20H21N3O2S2/c1-21-19(25)17(27-20(21)26)11-14-12-23(16-8-4-3-7-15(14)16)13-18(24)22-9-5-2-6-10-22/h3-4,7-8,11-12H,2,5-6,9-10,13H2,1H3/b17-11-. The van der Waals surface area contributed by atoms with Crippen molar-refractivity contribution in [1.82, 2.24) is 14.4 Å². The van der Waals surface area contributed by atoms with Crippen LogP contribution in [0.15, 0.2) is 35.4 Å². The molecule has 27 heavy (non-hydrogen) atoms. The molecular formula is C20H21N3O2S2. The predicted octanol–water partition coefficient (Wildman–Crippen LogP) is 3.48. The number of rotatable bonds is 3. The lowest BCUT2D eigenvalue weighted by Gasteiger charge is -2.27. The topological polar surface area (TPSA) is 45.6 Å². The minimum Gasteiger partial charge on any atom is -0.341 e. The van der Waals surface area contributed by atoms with Gasteiger partial charge < -0.3 is 9.47 Å². The maximum absolute atomic E-state index is 12.7. The summed E-state index contributed by atoms with van der Waals surface area (Å²) >= 11 is 6.53. The lowest BCUT2D eigenvalue weighted by atomic mass is 10.1. The molecule has 140 valence electrons. The molecule has 0 radical (unpaired) electrons. The summed E-state index contributed by atoms with van der Waals surface area (Å²) in [6, 6.07) is 7.98. The molecule has 0 saturated carbocycles. The van der Waals surface area contributed by atoms with Crippen LogP contribution in [0.3, 0.4) is 0 Å². The fourth-order valence-corrected chi connectivity index (χ4v) is 4.77. The van der Waals surface area contributed by atoms with E-state index in [-0.39, 0.29) is 11.8 Å². The van der Waals surface area contributed by atoms with Gasteiger partial charge in [-0.1, -0.05) is 42.2 Å². The lowest BCUT2D eigenvalue weighted by Crippen LogP contribution is -2.37. The van der Waals surface area contributed by atoms with E-state index < -0.39 is 0 Å². The van der Waals surface area contributed by atoms with Crippen molar-refractivity contribution in [2.75, 3.05) is 20.1 Å². The van der Waals surface area contributed by atoms with Crippen LogP contribution in [-0.2, 0) is 16.1 Å². The van der Waals surface area contributed by atoms with Crippen molar-refractivity contribution in [3.8, 4) is 0 Å². The Kier molecular flexibility index (Phi) is 5.06. The molecule has 2 aromatic rings. The number of carbonyl (C=O) groups excluding carboxylic acids is 2. The van der Waals surface area contributed by atoms with Crippen molar-refractivity contribution in [3.05, 3.63) is 40.9 Å². The van der Waals surface area contributed by atoms with Crippen molar-refractivity contribution in [2.24, 2.45) is 0 Å². The molecule has 0 N–H and O–H groups in total. The van der Waals surface area contributed by atoms with Crippen molar-refractivity contribution in [1.29, 1.82) is 0 Å². The number of thioether (sulfide) groups is 1. The molecule has 1 aromatic heterocycles. The number of hydrogen-bond acceptors (Lipinski definition) is 4. The number of para-hydroxylation sites is 1. The Morgan fingerprint density at radius 3 is 2.67 bits per heavy atom. The molecule has 2 aliphatic heterocycles. The first-order chi connectivity index (χ1) is 13.0. The normalized spacial score (nSPS) is 19.5. The van der Waals surface area contributed by atoms with Gasteiger partial charge in [0, 0.05) is 42.8 Å². The second-order valence-electron chi connectivity index (χ2n) is 6.91. The van der Waals surface area contributed by atoms with Gasteiger partial charge in [-0.3, -0.25) is 14.5 Å². The van der Waals surface area contributed by atoms with Crippen molar-refractivity contribution < 1.29 is 9.59 Å². The molecule has 2 amide bonds. The van der Waals surface area contributed by atoms with Gasteiger partial charge in [0.05, 0.1) is 4.91 Å². The van der Waals surface area contributed by atoms with Gasteiger partial charge in [-0.25, -0.2) is 0 Å². The average Bonchev–Trinajstić information content (AvgIpc) is 3.15. The summed E-state index contributed by atoms with van der Waals surface area (Å²) in [5.41, 5.74) is 1.94. The number of nitrogens with zero attached hydrogens (tertiary/aromatic N) is 3. The van der Waals surface area contributed by atoms with Crippen LogP contribution in [-0.4, -0.2) is 50.6 Å². The predicted molar refractivity (Wildman–Crippen MR) is 113 cm³/mol. The van der Waals surface area contributed by atoms with Crippen LogP contribution in [0.4, 0.5) is 0 Å². The molecular weight excluding hydrogens is 378 g/mol. The van der Waals surface area contributed by atoms with E-state index in [4.69, 9.17) is 12.2 Å². The summed E-state index contributed by atoms with van der Waals surface area (Å²) in [6.45, 7) is 2.02. The molecule has 0 unspecified atom stereocenters. The third-order valence-electron chi connectivity index (χ3n) is 5.11. The highest BCUT2D eigenvalue weighted by Gasteiger charge is 2.29. The first-order valence-electron chi connectivity index (χ1n) is 9.12. The molecule has 0 spiro atoms. The fourth-order valence-electron chi connectivity index (χ4n) is 3.60. The Bertz CT molecular complexity index is 957. The summed E-state index contributed by atoms with van der Waals surface area (Å²) in [4.78, 5) is 29.1. The number of carbonyl (C=O) groups is 2. The van der Waals surface area contributed by atoms with Gasteiger partial charge in [0.1, 0.15) is 10.9 Å². The third kappa shape index (κ3) is 3.53. The molecule has 2 fully saturated rings. The molecule has 7 heteroatoms. The van der Waals surface area contributed by atoms with E-state index in [2.05, 4.69) is 0 Å².